The van der Waals surface area contributed by atoms with Gasteiger partial charge in [0.05, 0.1) is 4.90 Å². The molecule has 2 aromatic carbocycles. The van der Waals surface area contributed by atoms with Crippen LogP contribution in [0.4, 0.5) is 5.69 Å². The number of sulfonamides is 1. The van der Waals surface area contributed by atoms with Crippen LogP contribution < -0.4 is 9.62 Å². The van der Waals surface area contributed by atoms with Gasteiger partial charge < -0.3 is 4.90 Å². The van der Waals surface area contributed by atoms with E-state index in [0.29, 0.717) is 17.9 Å². The van der Waals surface area contributed by atoms with Gasteiger partial charge in [0.2, 0.25) is 10.0 Å². The fourth-order valence-electron chi connectivity index (χ4n) is 2.51. The predicted molar refractivity (Wildman–Crippen MR) is 105 cm³/mol. The van der Waals surface area contributed by atoms with E-state index in [9.17, 15) is 8.42 Å². The lowest BCUT2D eigenvalue weighted by atomic mass is 9.87. The fourth-order valence-corrected chi connectivity index (χ4v) is 3.54. The SMILES string of the molecule is CN(C)c1ccc(CCNS(=O)(=O)c2ccc(C(C)(C)C)cc2)cc1. The van der Waals surface area contributed by atoms with Crippen LogP contribution in [0.5, 0.6) is 0 Å². The average molecular weight is 361 g/mol. The summed E-state index contributed by atoms with van der Waals surface area (Å²) in [6, 6.07) is 15.3. The molecular weight excluding hydrogens is 332 g/mol. The van der Waals surface area contributed by atoms with Crippen molar-refractivity contribution in [2.75, 3.05) is 25.5 Å². The van der Waals surface area contributed by atoms with Crippen molar-refractivity contribution in [3.63, 3.8) is 0 Å². The molecule has 0 fully saturated rings. The number of anilines is 1. The van der Waals surface area contributed by atoms with Crippen molar-refractivity contribution in [3.8, 4) is 0 Å². The van der Waals surface area contributed by atoms with Crippen LogP contribution in [0, 0.1) is 0 Å². The molecule has 0 radical (unpaired) electrons. The Labute approximate surface area is 151 Å². The molecule has 4 nitrogen and oxygen atoms in total. The number of nitrogens with one attached hydrogen (secondary N) is 1. The number of rotatable bonds is 6. The number of hydrogen-bond acceptors (Lipinski definition) is 3. The fraction of sp³-hybridized carbons (Fsp3) is 0.400. The van der Waals surface area contributed by atoms with Gasteiger partial charge >= 0.3 is 0 Å². The van der Waals surface area contributed by atoms with Crippen LogP contribution in [0.25, 0.3) is 0 Å². The molecule has 0 aliphatic rings. The van der Waals surface area contributed by atoms with E-state index >= 15 is 0 Å². The Bertz CT molecular complexity index is 787. The lowest BCUT2D eigenvalue weighted by Crippen LogP contribution is -2.26. The third-order valence-corrected chi connectivity index (χ3v) is 5.67. The smallest absolute Gasteiger partial charge is 0.240 e. The van der Waals surface area contributed by atoms with Crippen LogP contribution in [-0.2, 0) is 21.9 Å². The summed E-state index contributed by atoms with van der Waals surface area (Å²) in [5.41, 5.74) is 3.36. The van der Waals surface area contributed by atoms with Crippen LogP contribution in [0.15, 0.2) is 53.4 Å². The van der Waals surface area contributed by atoms with Crippen molar-refractivity contribution in [3.05, 3.63) is 59.7 Å². The molecule has 5 heteroatoms. The Balaban J connectivity index is 1.97. The first kappa shape index (κ1) is 19.5. The summed E-state index contributed by atoms with van der Waals surface area (Å²) in [5.74, 6) is 0. The molecule has 25 heavy (non-hydrogen) atoms. The van der Waals surface area contributed by atoms with Crippen LogP contribution in [0.2, 0.25) is 0 Å². The third-order valence-electron chi connectivity index (χ3n) is 4.19. The summed E-state index contributed by atoms with van der Waals surface area (Å²) < 4.78 is 27.5. The second kappa shape index (κ2) is 7.58. The highest BCUT2D eigenvalue weighted by Gasteiger charge is 2.17. The molecule has 0 bridgehead atoms. The van der Waals surface area contributed by atoms with Gasteiger partial charge in [-0.25, -0.2) is 13.1 Å². The van der Waals surface area contributed by atoms with E-state index in [1.54, 1.807) is 12.1 Å². The average Bonchev–Trinajstić information content (AvgIpc) is 2.54. The number of nitrogens with zero attached hydrogens (tertiary/aromatic N) is 1. The highest BCUT2D eigenvalue weighted by molar-refractivity contribution is 7.89. The summed E-state index contributed by atoms with van der Waals surface area (Å²) in [6.45, 7) is 6.70. The molecule has 0 spiro atoms. The van der Waals surface area contributed by atoms with E-state index in [4.69, 9.17) is 0 Å². The summed E-state index contributed by atoms with van der Waals surface area (Å²) in [7, 11) is 0.516. The first-order valence-corrected chi connectivity index (χ1v) is 9.94. The zero-order chi connectivity index (χ0) is 18.7. The molecule has 0 saturated heterocycles. The minimum absolute atomic E-state index is 0.00837. The Hall–Kier alpha value is -1.85. The summed E-state index contributed by atoms with van der Waals surface area (Å²) in [4.78, 5) is 2.34. The Morgan fingerprint density at radius 2 is 1.48 bits per heavy atom. The van der Waals surface area contributed by atoms with Gasteiger partial charge in [-0.15, -0.1) is 0 Å². The van der Waals surface area contributed by atoms with E-state index in [1.807, 2.05) is 55.4 Å². The third kappa shape index (κ3) is 5.31. The van der Waals surface area contributed by atoms with Crippen molar-refractivity contribution in [1.82, 2.24) is 4.72 Å². The molecule has 0 aliphatic heterocycles. The van der Waals surface area contributed by atoms with Gasteiger partial charge in [0.25, 0.3) is 0 Å². The summed E-state index contributed by atoms with van der Waals surface area (Å²) in [6.07, 6.45) is 0.660. The van der Waals surface area contributed by atoms with Gasteiger partial charge in [-0.2, -0.15) is 0 Å². The molecule has 0 saturated carbocycles. The molecule has 0 aromatic heterocycles. The van der Waals surface area contributed by atoms with Crippen LogP contribution in [0.1, 0.15) is 31.9 Å². The van der Waals surface area contributed by atoms with E-state index in [2.05, 4.69) is 25.5 Å². The van der Waals surface area contributed by atoms with Gasteiger partial charge in [0, 0.05) is 26.3 Å². The molecule has 0 atom stereocenters. The van der Waals surface area contributed by atoms with Crippen molar-refractivity contribution < 1.29 is 8.42 Å². The van der Waals surface area contributed by atoms with E-state index in [0.717, 1.165) is 16.8 Å². The normalized spacial score (nSPS) is 12.2. The van der Waals surface area contributed by atoms with E-state index in [1.165, 1.54) is 0 Å². The zero-order valence-electron chi connectivity index (χ0n) is 15.7. The molecular formula is C20H28N2O2S. The maximum absolute atomic E-state index is 12.4. The first-order chi connectivity index (χ1) is 11.6. The monoisotopic (exact) mass is 360 g/mol. The Morgan fingerprint density at radius 1 is 0.920 bits per heavy atom. The van der Waals surface area contributed by atoms with Gasteiger partial charge in [-0.3, -0.25) is 0 Å². The van der Waals surface area contributed by atoms with Crippen molar-refractivity contribution in [2.45, 2.75) is 37.5 Å². The summed E-state index contributed by atoms with van der Waals surface area (Å²) in [5, 5.41) is 0. The maximum atomic E-state index is 12.4. The lowest BCUT2D eigenvalue weighted by molar-refractivity contribution is 0.578. The molecule has 0 aliphatic carbocycles. The molecule has 136 valence electrons. The standard InChI is InChI=1S/C20H28N2O2S/c1-20(2,3)17-8-12-19(13-9-17)25(23,24)21-15-14-16-6-10-18(11-7-16)22(4)5/h6-13,21H,14-15H2,1-5H3. The Morgan fingerprint density at radius 3 is 1.96 bits per heavy atom. The van der Waals surface area contributed by atoms with Gasteiger partial charge in [-0.05, 0) is 47.2 Å². The highest BCUT2D eigenvalue weighted by Crippen LogP contribution is 2.23. The van der Waals surface area contributed by atoms with E-state index in [-0.39, 0.29) is 5.41 Å². The molecule has 2 rings (SSSR count). The molecule has 0 unspecified atom stereocenters. The van der Waals surface area contributed by atoms with Crippen LogP contribution >= 0.6 is 0 Å². The van der Waals surface area contributed by atoms with E-state index < -0.39 is 10.0 Å². The maximum Gasteiger partial charge on any atom is 0.240 e. The Kier molecular flexibility index (Phi) is 5.91. The van der Waals surface area contributed by atoms with Crippen LogP contribution in [-0.4, -0.2) is 29.1 Å². The number of benzene rings is 2. The van der Waals surface area contributed by atoms with Crippen molar-refractivity contribution in [1.29, 1.82) is 0 Å². The van der Waals surface area contributed by atoms with Gasteiger partial charge in [0.1, 0.15) is 0 Å². The largest absolute Gasteiger partial charge is 0.378 e. The molecule has 0 heterocycles. The highest BCUT2D eigenvalue weighted by atomic mass is 32.2. The second-order valence-electron chi connectivity index (χ2n) is 7.48. The van der Waals surface area contributed by atoms with Crippen molar-refractivity contribution in [2.24, 2.45) is 0 Å². The molecule has 1 N–H and O–H groups in total. The number of hydrogen-bond donors (Lipinski definition) is 1. The molecule has 2 aromatic rings. The quantitative estimate of drug-likeness (QED) is 0.857. The second-order valence-corrected chi connectivity index (χ2v) is 9.25. The predicted octanol–water partition coefficient (Wildman–Crippen LogP) is 3.57. The minimum Gasteiger partial charge on any atom is -0.378 e. The first-order valence-electron chi connectivity index (χ1n) is 8.46. The van der Waals surface area contributed by atoms with Crippen LogP contribution in [0.3, 0.4) is 0 Å². The van der Waals surface area contributed by atoms with Crippen molar-refractivity contribution >= 4 is 15.7 Å². The minimum atomic E-state index is -3.47. The topological polar surface area (TPSA) is 49.4 Å². The molecule has 0 amide bonds. The lowest BCUT2D eigenvalue weighted by Gasteiger charge is -2.19. The summed E-state index contributed by atoms with van der Waals surface area (Å²) >= 11 is 0. The zero-order valence-corrected chi connectivity index (χ0v) is 16.5. The van der Waals surface area contributed by atoms with Gasteiger partial charge in [-0.1, -0.05) is 45.0 Å². The van der Waals surface area contributed by atoms with Gasteiger partial charge in [0.15, 0.2) is 0 Å².